The van der Waals surface area contributed by atoms with Crippen molar-refractivity contribution in [2.24, 2.45) is 0 Å². The Morgan fingerprint density at radius 2 is 2.38 bits per heavy atom. The van der Waals surface area contributed by atoms with E-state index in [4.69, 9.17) is 9.52 Å². The van der Waals surface area contributed by atoms with Crippen LogP contribution in [0.15, 0.2) is 39.1 Å². The zero-order valence-electron chi connectivity index (χ0n) is 8.38. The minimum atomic E-state index is -1.05. The average molecular weight is 236 g/mol. The van der Waals surface area contributed by atoms with E-state index in [-0.39, 0.29) is 5.69 Å². The van der Waals surface area contributed by atoms with Gasteiger partial charge in [0.1, 0.15) is 12.0 Å². The SMILES string of the molecule is Cc1coc(Sc2ccnc(C(=O)O)c2)n1. The first kappa shape index (κ1) is 10.7. The Labute approximate surface area is 95.5 Å². The molecule has 0 aliphatic heterocycles. The highest BCUT2D eigenvalue weighted by Gasteiger charge is 2.08. The fourth-order valence-corrected chi connectivity index (χ4v) is 1.86. The molecule has 0 amide bonds. The van der Waals surface area contributed by atoms with E-state index in [1.54, 1.807) is 12.3 Å². The molecule has 6 heteroatoms. The van der Waals surface area contributed by atoms with Crippen molar-refractivity contribution in [1.82, 2.24) is 9.97 Å². The second kappa shape index (κ2) is 4.36. The summed E-state index contributed by atoms with van der Waals surface area (Å²) >= 11 is 1.26. The molecule has 2 aromatic rings. The van der Waals surface area contributed by atoms with Crippen molar-refractivity contribution < 1.29 is 14.3 Å². The minimum Gasteiger partial charge on any atom is -0.477 e. The van der Waals surface area contributed by atoms with Crippen LogP contribution in [0.5, 0.6) is 0 Å². The first-order valence-corrected chi connectivity index (χ1v) is 5.26. The predicted molar refractivity (Wildman–Crippen MR) is 56.6 cm³/mol. The van der Waals surface area contributed by atoms with Crippen molar-refractivity contribution in [2.45, 2.75) is 17.0 Å². The van der Waals surface area contributed by atoms with Crippen LogP contribution < -0.4 is 0 Å². The Balaban J connectivity index is 2.21. The normalized spacial score (nSPS) is 10.3. The number of carbonyl (C=O) groups is 1. The highest BCUT2D eigenvalue weighted by atomic mass is 32.2. The highest BCUT2D eigenvalue weighted by molar-refractivity contribution is 7.99. The van der Waals surface area contributed by atoms with Gasteiger partial charge in [-0.05, 0) is 30.8 Å². The summed E-state index contributed by atoms with van der Waals surface area (Å²) < 4.78 is 5.15. The van der Waals surface area contributed by atoms with Crippen LogP contribution in [-0.4, -0.2) is 21.0 Å². The van der Waals surface area contributed by atoms with E-state index >= 15 is 0 Å². The summed E-state index contributed by atoms with van der Waals surface area (Å²) in [6, 6.07) is 3.18. The Morgan fingerprint density at radius 1 is 1.56 bits per heavy atom. The third kappa shape index (κ3) is 2.40. The van der Waals surface area contributed by atoms with Crippen LogP contribution in [0.4, 0.5) is 0 Å². The van der Waals surface area contributed by atoms with E-state index < -0.39 is 5.97 Å². The van der Waals surface area contributed by atoms with Crippen molar-refractivity contribution in [1.29, 1.82) is 0 Å². The number of hydrogen-bond acceptors (Lipinski definition) is 5. The van der Waals surface area contributed by atoms with Gasteiger partial charge in [0.2, 0.25) is 0 Å². The molecular formula is C10H8N2O3S. The Kier molecular flexibility index (Phi) is 2.91. The van der Waals surface area contributed by atoms with Crippen molar-refractivity contribution in [2.75, 3.05) is 0 Å². The molecule has 0 spiro atoms. The lowest BCUT2D eigenvalue weighted by molar-refractivity contribution is 0.0690. The van der Waals surface area contributed by atoms with E-state index in [0.29, 0.717) is 5.22 Å². The number of aryl methyl sites for hydroxylation is 1. The molecule has 0 fully saturated rings. The Bertz CT molecular complexity index is 524. The van der Waals surface area contributed by atoms with Crippen LogP contribution in [0.25, 0.3) is 0 Å². The van der Waals surface area contributed by atoms with Gasteiger partial charge in [-0.25, -0.2) is 14.8 Å². The summed E-state index contributed by atoms with van der Waals surface area (Å²) in [5, 5.41) is 9.25. The smallest absolute Gasteiger partial charge is 0.354 e. The van der Waals surface area contributed by atoms with E-state index in [0.717, 1.165) is 10.6 Å². The van der Waals surface area contributed by atoms with Gasteiger partial charge in [-0.1, -0.05) is 0 Å². The van der Waals surface area contributed by atoms with Crippen LogP contribution in [-0.2, 0) is 0 Å². The van der Waals surface area contributed by atoms with Crippen molar-refractivity contribution >= 4 is 17.7 Å². The number of nitrogens with zero attached hydrogens (tertiary/aromatic N) is 2. The molecule has 1 N–H and O–H groups in total. The van der Waals surface area contributed by atoms with Gasteiger partial charge in [0.25, 0.3) is 5.22 Å². The zero-order chi connectivity index (χ0) is 11.5. The van der Waals surface area contributed by atoms with Gasteiger partial charge in [0.15, 0.2) is 0 Å². The molecule has 82 valence electrons. The lowest BCUT2D eigenvalue weighted by atomic mass is 10.4. The molecule has 0 radical (unpaired) electrons. The summed E-state index contributed by atoms with van der Waals surface area (Å²) in [4.78, 5) is 19.3. The molecule has 16 heavy (non-hydrogen) atoms. The molecule has 5 nitrogen and oxygen atoms in total. The molecule has 0 aromatic carbocycles. The predicted octanol–water partition coefficient (Wildman–Crippen LogP) is 2.23. The second-order valence-corrected chi connectivity index (χ2v) is 4.06. The van der Waals surface area contributed by atoms with Gasteiger partial charge in [-0.3, -0.25) is 0 Å². The second-order valence-electron chi connectivity index (χ2n) is 3.04. The average Bonchev–Trinajstić information content (AvgIpc) is 2.64. The van der Waals surface area contributed by atoms with Crippen LogP contribution in [0, 0.1) is 6.92 Å². The van der Waals surface area contributed by atoms with Crippen LogP contribution in [0.2, 0.25) is 0 Å². The molecule has 0 aliphatic carbocycles. The summed E-state index contributed by atoms with van der Waals surface area (Å²) in [7, 11) is 0. The molecular weight excluding hydrogens is 228 g/mol. The molecule has 2 rings (SSSR count). The van der Waals surface area contributed by atoms with E-state index in [9.17, 15) is 4.79 Å². The van der Waals surface area contributed by atoms with Gasteiger partial charge < -0.3 is 9.52 Å². The molecule has 0 aliphatic rings. The standard InChI is InChI=1S/C10H8N2O3S/c1-6-5-15-10(12-6)16-7-2-3-11-8(4-7)9(13)14/h2-5H,1H3,(H,13,14). The number of oxazole rings is 1. The maximum Gasteiger partial charge on any atom is 0.354 e. The lowest BCUT2D eigenvalue weighted by Gasteiger charge is -1.97. The number of carboxylic acids is 1. The minimum absolute atomic E-state index is 0.00766. The summed E-state index contributed by atoms with van der Waals surface area (Å²) in [6.07, 6.45) is 2.99. The number of rotatable bonds is 3. The molecule has 2 heterocycles. The van der Waals surface area contributed by atoms with Crippen molar-refractivity contribution in [3.05, 3.63) is 36.0 Å². The van der Waals surface area contributed by atoms with E-state index in [2.05, 4.69) is 9.97 Å². The fraction of sp³-hybridized carbons (Fsp3) is 0.100. The molecule has 0 saturated carbocycles. The molecule has 2 aromatic heterocycles. The first-order chi connectivity index (χ1) is 7.65. The lowest BCUT2D eigenvalue weighted by Crippen LogP contribution is -1.99. The van der Waals surface area contributed by atoms with Gasteiger partial charge >= 0.3 is 5.97 Å². The molecule has 0 bridgehead atoms. The summed E-state index contributed by atoms with van der Waals surface area (Å²) in [5.41, 5.74) is 0.795. The van der Waals surface area contributed by atoms with Gasteiger partial charge in [0, 0.05) is 11.1 Å². The number of aromatic carboxylic acids is 1. The number of aromatic nitrogens is 2. The molecule has 0 unspecified atom stereocenters. The number of carboxylic acid groups (broad SMARTS) is 1. The van der Waals surface area contributed by atoms with Gasteiger partial charge in [0.05, 0.1) is 5.69 Å². The highest BCUT2D eigenvalue weighted by Crippen LogP contribution is 2.26. The summed E-state index contributed by atoms with van der Waals surface area (Å²) in [5.74, 6) is -1.05. The van der Waals surface area contributed by atoms with Crippen LogP contribution >= 0.6 is 11.8 Å². The zero-order valence-corrected chi connectivity index (χ0v) is 9.19. The summed E-state index contributed by atoms with van der Waals surface area (Å²) in [6.45, 7) is 1.82. The topological polar surface area (TPSA) is 76.2 Å². The van der Waals surface area contributed by atoms with Crippen molar-refractivity contribution in [3.63, 3.8) is 0 Å². The maximum absolute atomic E-state index is 10.7. The monoisotopic (exact) mass is 236 g/mol. The Morgan fingerprint density at radius 3 is 3.00 bits per heavy atom. The number of hydrogen-bond donors (Lipinski definition) is 1. The largest absolute Gasteiger partial charge is 0.477 e. The van der Waals surface area contributed by atoms with Crippen LogP contribution in [0.1, 0.15) is 16.2 Å². The van der Waals surface area contributed by atoms with Gasteiger partial charge in [-0.15, -0.1) is 0 Å². The fourth-order valence-electron chi connectivity index (χ4n) is 1.07. The van der Waals surface area contributed by atoms with Crippen molar-refractivity contribution in [3.8, 4) is 0 Å². The Hall–Kier alpha value is -1.82. The molecule has 0 atom stereocenters. The third-order valence-electron chi connectivity index (χ3n) is 1.75. The van der Waals surface area contributed by atoms with Gasteiger partial charge in [-0.2, -0.15) is 0 Å². The van der Waals surface area contributed by atoms with Crippen LogP contribution in [0.3, 0.4) is 0 Å². The maximum atomic E-state index is 10.7. The van der Waals surface area contributed by atoms with E-state index in [1.807, 2.05) is 6.92 Å². The quantitative estimate of drug-likeness (QED) is 0.880. The van der Waals surface area contributed by atoms with E-state index in [1.165, 1.54) is 24.0 Å². The first-order valence-electron chi connectivity index (χ1n) is 4.44. The third-order valence-corrected chi connectivity index (χ3v) is 2.61. The number of pyridine rings is 1. The molecule has 0 saturated heterocycles.